The van der Waals surface area contributed by atoms with Gasteiger partial charge in [0.15, 0.2) is 0 Å². The molecule has 5 nitrogen and oxygen atoms in total. The van der Waals surface area contributed by atoms with Crippen molar-refractivity contribution in [3.05, 3.63) is 29.8 Å². The van der Waals surface area contributed by atoms with Crippen LogP contribution in [0.3, 0.4) is 0 Å². The van der Waals surface area contributed by atoms with E-state index in [2.05, 4.69) is 4.79 Å². The second-order valence-corrected chi connectivity index (χ2v) is 2.34. The highest BCUT2D eigenvalue weighted by molar-refractivity contribution is 6.21. The Kier molecular flexibility index (Phi) is 3.41. The zero-order valence-electron chi connectivity index (χ0n) is 7.51. The van der Waals surface area contributed by atoms with Crippen molar-refractivity contribution < 1.29 is 19.1 Å². The number of esters is 1. The minimum Gasteiger partial charge on any atom is -0.497 e. The Morgan fingerprint density at radius 3 is 2.43 bits per heavy atom. The van der Waals surface area contributed by atoms with Crippen LogP contribution < -0.4 is 9.47 Å². The number of hydrogen-bond acceptors (Lipinski definition) is 3. The number of benzene rings is 1. The van der Waals surface area contributed by atoms with E-state index in [9.17, 15) is 4.79 Å². The fraction of sp³-hybridized carbons (Fsp3) is 0.111. The van der Waals surface area contributed by atoms with Crippen LogP contribution in [0, 0.1) is 0 Å². The lowest BCUT2D eigenvalue weighted by Gasteiger charge is -2.00. The van der Waals surface area contributed by atoms with Gasteiger partial charge in [-0.25, -0.2) is 4.79 Å². The average Bonchev–Trinajstić information content (AvgIpc) is 2.19. The molecule has 0 bridgehead atoms. The van der Waals surface area contributed by atoms with Gasteiger partial charge >= 0.3 is 12.2 Å². The van der Waals surface area contributed by atoms with E-state index in [1.807, 2.05) is 0 Å². The van der Waals surface area contributed by atoms with Gasteiger partial charge in [0.05, 0.1) is 7.11 Å². The molecule has 1 aromatic rings. The molecule has 0 saturated heterocycles. The summed E-state index contributed by atoms with van der Waals surface area (Å²) >= 11 is 0. The average molecular weight is 192 g/mol. The van der Waals surface area contributed by atoms with E-state index in [0.29, 0.717) is 17.7 Å². The molecule has 72 valence electrons. The molecule has 0 aliphatic carbocycles. The van der Waals surface area contributed by atoms with Gasteiger partial charge in [0.2, 0.25) is 0 Å². The molecule has 0 spiro atoms. The molecule has 0 aromatic heterocycles. The molecular formula is C9H8N2O3. The molecule has 14 heavy (non-hydrogen) atoms. The van der Waals surface area contributed by atoms with E-state index in [-0.39, 0.29) is 0 Å². The van der Waals surface area contributed by atoms with Gasteiger partial charge in [-0.05, 0) is 24.3 Å². The van der Waals surface area contributed by atoms with Crippen molar-refractivity contribution in [2.45, 2.75) is 0 Å². The van der Waals surface area contributed by atoms with Crippen LogP contribution in [0.2, 0.25) is 0 Å². The Hall–Kier alpha value is -2.13. The SMILES string of the molecule is COc1ccc(OC(=O)C=[N+]=[N-])cc1. The Labute approximate surface area is 80.5 Å². The van der Waals surface area contributed by atoms with E-state index < -0.39 is 5.97 Å². The fourth-order valence-electron chi connectivity index (χ4n) is 0.833. The molecule has 0 unspecified atom stereocenters. The van der Waals surface area contributed by atoms with Crippen LogP contribution in [0.4, 0.5) is 0 Å². The van der Waals surface area contributed by atoms with Gasteiger partial charge in [-0.3, -0.25) is 0 Å². The van der Waals surface area contributed by atoms with E-state index in [0.717, 1.165) is 0 Å². The number of rotatable bonds is 3. The lowest BCUT2D eigenvalue weighted by atomic mass is 10.3. The van der Waals surface area contributed by atoms with Crippen LogP contribution in [-0.2, 0) is 4.79 Å². The highest BCUT2D eigenvalue weighted by atomic mass is 16.5. The van der Waals surface area contributed by atoms with E-state index in [1.165, 1.54) is 0 Å². The first-order chi connectivity index (χ1) is 6.76. The van der Waals surface area contributed by atoms with Crippen LogP contribution in [0.5, 0.6) is 11.5 Å². The Balaban J connectivity index is 2.68. The highest BCUT2D eigenvalue weighted by Gasteiger charge is 2.04. The Morgan fingerprint density at radius 1 is 1.36 bits per heavy atom. The molecule has 0 heterocycles. The summed E-state index contributed by atoms with van der Waals surface area (Å²) in [6.45, 7) is 0. The second-order valence-electron chi connectivity index (χ2n) is 2.34. The minimum absolute atomic E-state index is 0.357. The van der Waals surface area contributed by atoms with Crippen molar-refractivity contribution in [1.82, 2.24) is 0 Å². The van der Waals surface area contributed by atoms with E-state index in [4.69, 9.17) is 15.0 Å². The van der Waals surface area contributed by atoms with Gasteiger partial charge in [-0.2, -0.15) is 4.79 Å². The van der Waals surface area contributed by atoms with Crippen LogP contribution >= 0.6 is 0 Å². The Bertz CT molecular complexity index is 366. The number of ether oxygens (including phenoxy) is 2. The molecule has 1 aromatic carbocycles. The number of hydrogen-bond donors (Lipinski definition) is 0. The number of nitrogens with zero attached hydrogens (tertiary/aromatic N) is 2. The summed E-state index contributed by atoms with van der Waals surface area (Å²) in [5, 5.41) is 0. The molecule has 0 aliphatic heterocycles. The molecule has 5 heteroatoms. The molecular weight excluding hydrogens is 184 g/mol. The summed E-state index contributed by atoms with van der Waals surface area (Å²) < 4.78 is 9.67. The molecule has 1 rings (SSSR count). The van der Waals surface area contributed by atoms with Gasteiger partial charge in [0.25, 0.3) is 0 Å². The van der Waals surface area contributed by atoms with Gasteiger partial charge in [-0.1, -0.05) is 0 Å². The first-order valence-corrected chi connectivity index (χ1v) is 3.79. The first-order valence-electron chi connectivity index (χ1n) is 3.79. The third-order valence-corrected chi connectivity index (χ3v) is 1.44. The molecule has 0 atom stereocenters. The molecule has 0 saturated carbocycles. The van der Waals surface area contributed by atoms with Crippen molar-refractivity contribution in [2.75, 3.05) is 7.11 Å². The summed E-state index contributed by atoms with van der Waals surface area (Å²) in [5.41, 5.74) is 8.05. The summed E-state index contributed by atoms with van der Waals surface area (Å²) in [6.07, 6.45) is 0.671. The zero-order valence-corrected chi connectivity index (χ0v) is 7.51. The van der Waals surface area contributed by atoms with Gasteiger partial charge in [-0.15, -0.1) is 0 Å². The van der Waals surface area contributed by atoms with Crippen LogP contribution in [-0.4, -0.2) is 24.1 Å². The number of carbonyl (C=O) groups is 1. The molecule has 0 aliphatic rings. The molecule has 0 N–H and O–H groups in total. The normalized spacial score (nSPS) is 8.64. The van der Waals surface area contributed by atoms with Crippen molar-refractivity contribution in [3.8, 4) is 11.5 Å². The standard InChI is InChI=1S/C9H8N2O3/c1-13-7-2-4-8(5-3-7)14-9(12)6-11-10/h2-6H,1H3. The summed E-state index contributed by atoms with van der Waals surface area (Å²) in [4.78, 5) is 13.3. The van der Waals surface area contributed by atoms with Crippen molar-refractivity contribution in [2.24, 2.45) is 0 Å². The van der Waals surface area contributed by atoms with Crippen LogP contribution in [0.25, 0.3) is 5.53 Å². The monoisotopic (exact) mass is 192 g/mol. The topological polar surface area (TPSA) is 71.9 Å². The number of carbonyl (C=O) groups excluding carboxylic acids is 1. The molecule has 0 amide bonds. The summed E-state index contributed by atoms with van der Waals surface area (Å²) in [7, 11) is 1.54. The van der Waals surface area contributed by atoms with Gasteiger partial charge in [0.1, 0.15) is 11.5 Å². The smallest absolute Gasteiger partial charge is 0.419 e. The van der Waals surface area contributed by atoms with E-state index in [1.54, 1.807) is 31.4 Å². The van der Waals surface area contributed by atoms with Crippen molar-refractivity contribution in [3.63, 3.8) is 0 Å². The van der Waals surface area contributed by atoms with Crippen molar-refractivity contribution in [1.29, 1.82) is 0 Å². The third kappa shape index (κ3) is 2.73. The predicted octanol–water partition coefficient (Wildman–Crippen LogP) is 0.901. The van der Waals surface area contributed by atoms with Crippen LogP contribution in [0.1, 0.15) is 0 Å². The Morgan fingerprint density at radius 2 is 1.93 bits per heavy atom. The zero-order chi connectivity index (χ0) is 10.4. The quantitative estimate of drug-likeness (QED) is 0.235. The highest BCUT2D eigenvalue weighted by Crippen LogP contribution is 2.16. The van der Waals surface area contributed by atoms with E-state index >= 15 is 0 Å². The summed E-state index contributed by atoms with van der Waals surface area (Å²) in [5.74, 6) is 0.286. The largest absolute Gasteiger partial charge is 0.497 e. The summed E-state index contributed by atoms with van der Waals surface area (Å²) in [6, 6.07) is 6.45. The maximum atomic E-state index is 10.8. The lowest BCUT2D eigenvalue weighted by Crippen LogP contribution is -2.09. The van der Waals surface area contributed by atoms with Crippen LogP contribution in [0.15, 0.2) is 24.3 Å². The molecule has 0 radical (unpaired) electrons. The number of methoxy groups -OCH3 is 1. The maximum absolute atomic E-state index is 10.8. The second kappa shape index (κ2) is 4.79. The van der Waals surface area contributed by atoms with Gasteiger partial charge < -0.3 is 15.0 Å². The first kappa shape index (κ1) is 9.95. The maximum Gasteiger partial charge on any atom is 0.419 e. The molecule has 0 fully saturated rings. The third-order valence-electron chi connectivity index (χ3n) is 1.44. The van der Waals surface area contributed by atoms with Gasteiger partial charge in [0, 0.05) is 0 Å². The lowest BCUT2D eigenvalue weighted by molar-refractivity contribution is -0.130. The minimum atomic E-state index is -0.738. The fourth-order valence-corrected chi connectivity index (χ4v) is 0.833. The predicted molar refractivity (Wildman–Crippen MR) is 48.3 cm³/mol. The van der Waals surface area contributed by atoms with Crippen molar-refractivity contribution >= 4 is 12.2 Å².